The van der Waals surface area contributed by atoms with Crippen molar-refractivity contribution < 1.29 is 27.3 Å². The molecule has 0 saturated heterocycles. The quantitative estimate of drug-likeness (QED) is 0.425. The summed E-state index contributed by atoms with van der Waals surface area (Å²) in [6.45, 7) is 8.13. The van der Waals surface area contributed by atoms with Gasteiger partial charge in [0.25, 0.3) is 0 Å². The Labute approximate surface area is 130 Å². The van der Waals surface area contributed by atoms with Crippen LogP contribution in [0.25, 0.3) is 0 Å². The molecular weight excluding hydrogens is 251 g/mol. The maximum Gasteiger partial charge on any atom is 1.00 e. The van der Waals surface area contributed by atoms with Crippen molar-refractivity contribution in [1.82, 2.24) is 0 Å². The van der Waals surface area contributed by atoms with E-state index in [0.717, 1.165) is 18.4 Å². The normalized spacial score (nSPS) is 17.8. The summed E-state index contributed by atoms with van der Waals surface area (Å²) in [6, 6.07) is 0. The van der Waals surface area contributed by atoms with E-state index in [1.807, 2.05) is 13.0 Å². The summed E-state index contributed by atoms with van der Waals surface area (Å²) in [5, 5.41) is 0.601. The van der Waals surface area contributed by atoms with Crippen LogP contribution < -0.4 is 18.9 Å². The molecule has 0 aliphatic carbocycles. The first-order valence-electron chi connectivity index (χ1n) is 6.37. The molecule has 0 spiro atoms. The van der Waals surface area contributed by atoms with Crippen LogP contribution in [0.4, 0.5) is 0 Å². The van der Waals surface area contributed by atoms with Gasteiger partial charge in [0.1, 0.15) is 0 Å². The minimum atomic E-state index is -3.00. The number of allylic oxidation sites excluding steroid dienone is 4. The Hall–Kier alpha value is -0.363. The average Bonchev–Trinajstić information content (AvgIpc) is 2.50. The SMILES string of the molecule is CC(C)=CCC/C(C)=C/C[C-]1C(C)=CCS1(=O)=O.[Li+]. The molecule has 1 aliphatic rings. The zero-order chi connectivity index (χ0) is 13.8. The maximum absolute atomic E-state index is 11.8. The Morgan fingerprint density at radius 3 is 2.42 bits per heavy atom. The Bertz CT molecular complexity index is 480. The fourth-order valence-corrected chi connectivity index (χ4v) is 3.52. The van der Waals surface area contributed by atoms with Crippen LogP contribution in [-0.4, -0.2) is 14.2 Å². The van der Waals surface area contributed by atoms with Gasteiger partial charge in [-0.25, -0.2) is 20.1 Å². The molecule has 19 heavy (non-hydrogen) atoms. The molecule has 4 heteroatoms. The molecule has 0 radical (unpaired) electrons. The van der Waals surface area contributed by atoms with Gasteiger partial charge in [-0.3, -0.25) is 0 Å². The third-order valence-corrected chi connectivity index (χ3v) is 5.00. The van der Waals surface area contributed by atoms with E-state index in [1.165, 1.54) is 11.1 Å². The van der Waals surface area contributed by atoms with E-state index in [-0.39, 0.29) is 24.6 Å². The van der Waals surface area contributed by atoms with E-state index in [9.17, 15) is 8.42 Å². The molecule has 0 amide bonds. The fourth-order valence-electron chi connectivity index (χ4n) is 1.94. The van der Waals surface area contributed by atoms with E-state index >= 15 is 0 Å². The molecule has 0 aromatic heterocycles. The minimum absolute atomic E-state index is 0. The second kappa shape index (κ2) is 8.04. The van der Waals surface area contributed by atoms with Crippen molar-refractivity contribution in [3.8, 4) is 0 Å². The molecule has 0 saturated carbocycles. The van der Waals surface area contributed by atoms with Crippen molar-refractivity contribution in [2.75, 3.05) is 5.75 Å². The van der Waals surface area contributed by atoms with Gasteiger partial charge in [0.05, 0.1) is 9.84 Å². The van der Waals surface area contributed by atoms with Crippen LogP contribution in [0, 0.1) is 5.25 Å². The van der Waals surface area contributed by atoms with Gasteiger partial charge in [-0.15, -0.1) is 0 Å². The Morgan fingerprint density at radius 1 is 1.32 bits per heavy atom. The zero-order valence-electron chi connectivity index (χ0n) is 12.8. The van der Waals surface area contributed by atoms with Crippen LogP contribution in [0.2, 0.25) is 0 Å². The molecule has 0 bridgehead atoms. The summed E-state index contributed by atoms with van der Waals surface area (Å²) < 4.78 is 23.5. The van der Waals surface area contributed by atoms with Crippen LogP contribution in [0.5, 0.6) is 0 Å². The maximum atomic E-state index is 11.8. The van der Waals surface area contributed by atoms with Crippen LogP contribution >= 0.6 is 0 Å². The van der Waals surface area contributed by atoms with Crippen LogP contribution in [0.1, 0.15) is 47.0 Å². The number of sulfone groups is 1. The van der Waals surface area contributed by atoms with Gasteiger partial charge in [-0.05, 0) is 39.4 Å². The molecule has 0 aromatic rings. The first-order chi connectivity index (χ1) is 8.33. The van der Waals surface area contributed by atoms with Gasteiger partial charge in [0.15, 0.2) is 0 Å². The Morgan fingerprint density at radius 2 is 1.95 bits per heavy atom. The van der Waals surface area contributed by atoms with Gasteiger partial charge < -0.3 is 0 Å². The van der Waals surface area contributed by atoms with Gasteiger partial charge in [0, 0.05) is 0 Å². The van der Waals surface area contributed by atoms with Crippen molar-refractivity contribution in [3.63, 3.8) is 0 Å². The summed E-state index contributed by atoms with van der Waals surface area (Å²) in [4.78, 5) is 0. The Balaban J connectivity index is 0.00000324. The van der Waals surface area contributed by atoms with E-state index < -0.39 is 9.84 Å². The second-order valence-corrected chi connectivity index (χ2v) is 7.22. The first-order valence-corrected chi connectivity index (χ1v) is 8.03. The van der Waals surface area contributed by atoms with Gasteiger partial charge in [0.2, 0.25) is 0 Å². The van der Waals surface area contributed by atoms with Gasteiger partial charge >= 0.3 is 18.9 Å². The molecule has 1 rings (SSSR count). The van der Waals surface area contributed by atoms with E-state index in [0.29, 0.717) is 11.7 Å². The molecule has 0 unspecified atom stereocenters. The summed E-state index contributed by atoms with van der Waals surface area (Å²) >= 11 is 0. The van der Waals surface area contributed by atoms with Crippen molar-refractivity contribution in [2.45, 2.75) is 47.0 Å². The topological polar surface area (TPSA) is 34.1 Å². The molecule has 102 valence electrons. The van der Waals surface area contributed by atoms with Crippen LogP contribution in [0.15, 0.2) is 34.9 Å². The van der Waals surface area contributed by atoms with Crippen LogP contribution in [-0.2, 0) is 9.84 Å². The van der Waals surface area contributed by atoms with Crippen molar-refractivity contribution in [3.05, 3.63) is 40.2 Å². The van der Waals surface area contributed by atoms with Crippen molar-refractivity contribution in [1.29, 1.82) is 0 Å². The molecule has 1 aliphatic heterocycles. The average molecular weight is 274 g/mol. The van der Waals surface area contributed by atoms with Crippen molar-refractivity contribution >= 4 is 9.84 Å². The molecule has 2 nitrogen and oxygen atoms in total. The Kier molecular flexibility index (Phi) is 7.89. The monoisotopic (exact) mass is 274 g/mol. The number of rotatable bonds is 5. The molecule has 1 heterocycles. The van der Waals surface area contributed by atoms with Gasteiger partial charge in [-0.1, -0.05) is 41.9 Å². The number of hydrogen-bond donors (Lipinski definition) is 0. The third-order valence-electron chi connectivity index (χ3n) is 3.15. The molecular formula is C15H23LiO2S. The third kappa shape index (κ3) is 6.08. The molecule has 0 fully saturated rings. The fraction of sp³-hybridized carbons (Fsp3) is 0.533. The van der Waals surface area contributed by atoms with Gasteiger partial charge in [-0.2, -0.15) is 0 Å². The predicted octanol–water partition coefficient (Wildman–Crippen LogP) is 0.980. The minimum Gasteiger partial charge on any atom is -0.244 e. The molecule has 0 N–H and O–H groups in total. The smallest absolute Gasteiger partial charge is 0.244 e. The van der Waals surface area contributed by atoms with E-state index in [1.54, 1.807) is 6.08 Å². The molecule has 0 atom stereocenters. The van der Waals surface area contributed by atoms with E-state index in [4.69, 9.17) is 0 Å². The van der Waals surface area contributed by atoms with Crippen LogP contribution in [0.3, 0.4) is 0 Å². The van der Waals surface area contributed by atoms with E-state index in [2.05, 4.69) is 26.8 Å². The summed E-state index contributed by atoms with van der Waals surface area (Å²) in [7, 11) is -3.00. The summed E-state index contributed by atoms with van der Waals surface area (Å²) in [5.41, 5.74) is 3.51. The summed E-state index contributed by atoms with van der Waals surface area (Å²) in [6.07, 6.45) is 8.64. The molecule has 0 aromatic carbocycles. The second-order valence-electron chi connectivity index (χ2n) is 5.17. The standard InChI is InChI=1S/C15H23O2S.Li/c1-12(2)6-5-7-13(3)8-9-15-14(4)10-11-18(15,16)17;/h6,8,10H,5,7,9,11H2,1-4H3;/q-1;+1/b13-8+;. The zero-order valence-corrected chi connectivity index (χ0v) is 13.6. The first kappa shape index (κ1) is 18.6. The predicted molar refractivity (Wildman–Crippen MR) is 77.8 cm³/mol. The largest absolute Gasteiger partial charge is 1.00 e. The number of hydrogen-bond acceptors (Lipinski definition) is 2. The van der Waals surface area contributed by atoms with Crippen molar-refractivity contribution in [2.24, 2.45) is 0 Å². The summed E-state index contributed by atoms with van der Waals surface area (Å²) in [5.74, 6) is 0.179.